The first kappa shape index (κ1) is 51.1. The maximum absolute atomic E-state index is 10.1. The molecular formula is C20H58N4O5. The molecule has 0 aromatic carbocycles. The lowest BCUT2D eigenvalue weighted by atomic mass is 10.1. The van der Waals surface area contributed by atoms with Gasteiger partial charge in [-0.2, -0.15) is 0 Å². The number of quaternary nitrogens is 4. The van der Waals surface area contributed by atoms with Gasteiger partial charge in [0.2, 0.25) is 0 Å². The van der Waals surface area contributed by atoms with E-state index in [-0.39, 0.29) is 50.8 Å². The fourth-order valence-electron chi connectivity index (χ4n) is 1.93. The Hall–Kier alpha value is -0.810. The molecule has 0 rings (SSSR count). The number of carboxylic acid groups (broad SMARTS) is 1. The summed E-state index contributed by atoms with van der Waals surface area (Å²) in [5, 5.41) is 36.9. The number of carboxylic acids is 1. The Morgan fingerprint density at radius 3 is 0.931 bits per heavy atom. The van der Waals surface area contributed by atoms with Gasteiger partial charge in [-0.3, -0.25) is 0 Å². The van der Waals surface area contributed by atoms with Crippen molar-refractivity contribution < 1.29 is 25.2 Å². The molecular weight excluding hydrogens is 376 g/mol. The van der Waals surface area contributed by atoms with Crippen LogP contribution in [0.2, 0.25) is 0 Å². The van der Waals surface area contributed by atoms with E-state index in [1.165, 1.54) is 57.8 Å². The van der Waals surface area contributed by atoms with Crippen LogP contribution in [0, 0.1) is 0 Å². The van der Waals surface area contributed by atoms with Gasteiger partial charge in [-0.15, -0.1) is 19.8 Å². The van der Waals surface area contributed by atoms with Gasteiger partial charge in [-0.25, -0.2) is 0 Å². The van der Waals surface area contributed by atoms with E-state index in [4.69, 9.17) is 15.3 Å². The number of carbonyl (C=O) groups excluding carboxylic acids is 1. The molecule has 0 spiro atoms. The van der Waals surface area contributed by atoms with E-state index in [1.54, 1.807) is 20.8 Å². The minimum absolute atomic E-state index is 0. The largest absolute Gasteiger partial charge is 0.855 e. The van der Waals surface area contributed by atoms with Gasteiger partial charge in [-0.1, -0.05) is 91.9 Å². The van der Waals surface area contributed by atoms with Crippen LogP contribution in [0.15, 0.2) is 0 Å². The van der Waals surface area contributed by atoms with Crippen LogP contribution in [-0.2, 0) is 4.79 Å². The molecule has 188 valence electrons. The third kappa shape index (κ3) is 116. The predicted molar refractivity (Wildman–Crippen MR) is 122 cm³/mol. The fourth-order valence-corrected chi connectivity index (χ4v) is 1.93. The van der Waals surface area contributed by atoms with Crippen molar-refractivity contribution in [3.8, 4) is 0 Å². The van der Waals surface area contributed by atoms with Gasteiger partial charge in [0, 0.05) is 5.97 Å². The van der Waals surface area contributed by atoms with Crippen LogP contribution in [0.25, 0.3) is 0 Å². The maximum Gasteiger partial charge on any atom is 0.0414 e. The summed E-state index contributed by atoms with van der Waals surface area (Å²) in [7, 11) is 0. The van der Waals surface area contributed by atoms with Crippen LogP contribution in [0.1, 0.15) is 105 Å². The zero-order valence-electron chi connectivity index (χ0n) is 21.1. The summed E-state index contributed by atoms with van der Waals surface area (Å²) in [4.78, 5) is 10.1. The standard InChI is InChI=1S/C14H28O2.3C2H5O.4H3N/c1-2-3-4-5-6-7-8-9-10-11-12-13-14(15)16;3*1-2-3;;;;/h2-13H2,1H3,(H,15,16);3*2H2,1H3;4*1H3/q;3*-1;;;;/p+3. The van der Waals surface area contributed by atoms with Gasteiger partial charge >= 0.3 is 0 Å². The molecule has 0 bridgehead atoms. The Labute approximate surface area is 181 Å². The van der Waals surface area contributed by atoms with Crippen molar-refractivity contribution in [2.24, 2.45) is 0 Å². The first-order valence-corrected chi connectivity index (χ1v) is 9.96. The summed E-state index contributed by atoms with van der Waals surface area (Å²) >= 11 is 0. The fraction of sp³-hybridized carbons (Fsp3) is 0.950. The van der Waals surface area contributed by atoms with Crippen molar-refractivity contribution in [2.75, 3.05) is 19.8 Å². The van der Waals surface area contributed by atoms with E-state index < -0.39 is 5.97 Å². The lowest BCUT2D eigenvalue weighted by molar-refractivity contribution is -0.362. The zero-order chi connectivity index (χ0) is 20.2. The van der Waals surface area contributed by atoms with Crippen LogP contribution in [0.4, 0.5) is 0 Å². The molecule has 0 aliphatic heterocycles. The third-order valence-corrected chi connectivity index (χ3v) is 2.98. The minimum atomic E-state index is -0.907. The molecule has 0 saturated heterocycles. The van der Waals surface area contributed by atoms with Crippen molar-refractivity contribution in [2.45, 2.75) is 105 Å². The lowest BCUT2D eigenvalue weighted by Crippen LogP contribution is -2.21. The highest BCUT2D eigenvalue weighted by atomic mass is 16.4. The number of rotatable bonds is 12. The van der Waals surface area contributed by atoms with Gasteiger partial charge in [0.1, 0.15) is 0 Å². The van der Waals surface area contributed by atoms with Crippen molar-refractivity contribution in [3.05, 3.63) is 0 Å². The number of hydrogen-bond donors (Lipinski definition) is 4. The SMILES string of the molecule is CCCCCCCCCCCCCC(=O)[O-].CC[O-].CC[O-].CC[O-].[NH4+].[NH4+].[NH4+].[NH4+]. The van der Waals surface area contributed by atoms with Crippen molar-refractivity contribution in [3.63, 3.8) is 0 Å². The minimum Gasteiger partial charge on any atom is -0.855 e. The topological polar surface area (TPSA) is 255 Å². The molecule has 0 radical (unpaired) electrons. The van der Waals surface area contributed by atoms with Gasteiger partial charge in [-0.05, 0) is 12.8 Å². The van der Waals surface area contributed by atoms with Gasteiger partial charge in [0.05, 0.1) is 0 Å². The number of carbonyl (C=O) groups is 1. The normalized spacial score (nSPS) is 7.69. The number of unbranched alkanes of at least 4 members (excludes halogenated alkanes) is 10. The molecule has 0 saturated carbocycles. The first-order chi connectivity index (χ1) is 12.0. The molecule has 0 aromatic rings. The molecule has 0 atom stereocenters. The molecule has 0 aliphatic rings. The molecule has 0 heterocycles. The van der Waals surface area contributed by atoms with E-state index >= 15 is 0 Å². The molecule has 0 aliphatic carbocycles. The van der Waals surface area contributed by atoms with Gasteiger partial charge in [0.25, 0.3) is 0 Å². The Morgan fingerprint density at radius 2 is 0.724 bits per heavy atom. The average molecular weight is 435 g/mol. The Balaban J connectivity index is -0.0000000485. The monoisotopic (exact) mass is 434 g/mol. The molecule has 0 amide bonds. The molecule has 9 nitrogen and oxygen atoms in total. The summed E-state index contributed by atoms with van der Waals surface area (Å²) in [6, 6.07) is 0. The second-order valence-electron chi connectivity index (χ2n) is 5.52. The van der Waals surface area contributed by atoms with Crippen LogP contribution in [0.3, 0.4) is 0 Å². The molecule has 0 unspecified atom stereocenters. The highest BCUT2D eigenvalue weighted by Crippen LogP contribution is 2.11. The van der Waals surface area contributed by atoms with E-state index in [2.05, 4.69) is 6.92 Å². The van der Waals surface area contributed by atoms with Crippen molar-refractivity contribution in [1.29, 1.82) is 0 Å². The van der Waals surface area contributed by atoms with Crippen LogP contribution in [-0.4, -0.2) is 25.8 Å². The summed E-state index contributed by atoms with van der Waals surface area (Å²) < 4.78 is 0. The second-order valence-corrected chi connectivity index (χ2v) is 5.52. The average Bonchev–Trinajstić information content (AvgIpc) is 2.54. The quantitative estimate of drug-likeness (QED) is 0.336. The van der Waals surface area contributed by atoms with Crippen molar-refractivity contribution in [1.82, 2.24) is 24.6 Å². The molecule has 0 aromatic heterocycles. The van der Waals surface area contributed by atoms with Crippen molar-refractivity contribution >= 4 is 5.97 Å². The Kier molecular flexibility index (Phi) is 111. The molecule has 29 heavy (non-hydrogen) atoms. The zero-order valence-corrected chi connectivity index (χ0v) is 21.1. The summed E-state index contributed by atoms with van der Waals surface area (Å²) in [6.45, 7) is 6.95. The van der Waals surface area contributed by atoms with E-state index in [0.29, 0.717) is 0 Å². The number of aliphatic carboxylic acids is 1. The molecule has 0 fully saturated rings. The van der Waals surface area contributed by atoms with E-state index in [9.17, 15) is 9.90 Å². The van der Waals surface area contributed by atoms with Crippen LogP contribution >= 0.6 is 0 Å². The van der Waals surface area contributed by atoms with Gasteiger partial charge < -0.3 is 49.8 Å². The highest BCUT2D eigenvalue weighted by Gasteiger charge is 1.93. The van der Waals surface area contributed by atoms with Gasteiger partial charge in [0.15, 0.2) is 0 Å². The predicted octanol–water partition coefficient (Wildman–Crippen LogP) is 3.04. The maximum atomic E-state index is 10.1. The summed E-state index contributed by atoms with van der Waals surface area (Å²) in [6.07, 6.45) is 14.0. The smallest absolute Gasteiger partial charge is 0.0414 e. The third-order valence-electron chi connectivity index (χ3n) is 2.98. The molecule has 16 N–H and O–H groups in total. The van der Waals surface area contributed by atoms with E-state index in [0.717, 1.165) is 12.8 Å². The van der Waals surface area contributed by atoms with E-state index in [1.807, 2.05) is 0 Å². The first-order valence-electron chi connectivity index (χ1n) is 9.96. The highest BCUT2D eigenvalue weighted by molar-refractivity contribution is 5.63. The summed E-state index contributed by atoms with van der Waals surface area (Å²) in [5.74, 6) is -0.907. The number of hydrogen-bond acceptors (Lipinski definition) is 5. The Morgan fingerprint density at radius 1 is 0.517 bits per heavy atom. The van der Waals surface area contributed by atoms with Crippen LogP contribution in [0.5, 0.6) is 0 Å². The Bertz CT molecular complexity index is 211. The van der Waals surface area contributed by atoms with Crippen LogP contribution < -0.4 is 45.0 Å². The lowest BCUT2D eigenvalue weighted by Gasteiger charge is -2.03. The summed E-state index contributed by atoms with van der Waals surface area (Å²) in [5.41, 5.74) is 0. The molecule has 9 heteroatoms. The second kappa shape index (κ2) is 63.1.